The number of hydrogen-bond donors (Lipinski definition) is 1. The van der Waals surface area contributed by atoms with E-state index in [9.17, 15) is 18.4 Å². The summed E-state index contributed by atoms with van der Waals surface area (Å²) in [5, 5.41) is 2.66. The first-order chi connectivity index (χ1) is 13.0. The molecular formula is C19H24F2N2O4. The van der Waals surface area contributed by atoms with Crippen molar-refractivity contribution in [2.75, 3.05) is 26.2 Å². The van der Waals surface area contributed by atoms with Crippen molar-refractivity contribution >= 4 is 17.9 Å². The van der Waals surface area contributed by atoms with Crippen LogP contribution in [0, 0.1) is 0 Å². The third-order valence-electron chi connectivity index (χ3n) is 4.01. The largest absolute Gasteiger partial charge is 0.490 e. The molecule has 0 radical (unpaired) electrons. The van der Waals surface area contributed by atoms with Gasteiger partial charge in [-0.05, 0) is 43.5 Å². The molecule has 2 amide bonds. The van der Waals surface area contributed by atoms with Gasteiger partial charge in [0.05, 0.1) is 6.61 Å². The van der Waals surface area contributed by atoms with Crippen molar-refractivity contribution in [3.8, 4) is 11.5 Å². The van der Waals surface area contributed by atoms with Crippen LogP contribution in [0.15, 0.2) is 24.3 Å². The van der Waals surface area contributed by atoms with Crippen LogP contribution in [-0.4, -0.2) is 49.6 Å². The summed E-state index contributed by atoms with van der Waals surface area (Å²) in [4.78, 5) is 25.6. The number of alkyl halides is 2. The maximum Gasteiger partial charge on any atom is 0.387 e. The van der Waals surface area contributed by atoms with E-state index in [1.165, 1.54) is 24.3 Å². The number of hydrogen-bond acceptors (Lipinski definition) is 4. The van der Waals surface area contributed by atoms with Crippen molar-refractivity contribution < 1.29 is 27.8 Å². The number of likely N-dealkylation sites (tertiary alicyclic amines) is 1. The third-order valence-corrected chi connectivity index (χ3v) is 4.01. The number of nitrogens with zero attached hydrogens (tertiary/aromatic N) is 1. The Morgan fingerprint density at radius 1 is 1.26 bits per heavy atom. The highest BCUT2D eigenvalue weighted by Crippen LogP contribution is 2.30. The molecule has 2 rings (SSSR count). The number of carbonyl (C=O) groups excluding carboxylic acids is 2. The Balaban J connectivity index is 1.85. The van der Waals surface area contributed by atoms with Crippen LogP contribution in [-0.2, 0) is 9.59 Å². The molecule has 0 saturated carbocycles. The van der Waals surface area contributed by atoms with Crippen LogP contribution < -0.4 is 14.8 Å². The number of rotatable bonds is 9. The number of halogens is 2. The molecule has 0 bridgehead atoms. The molecule has 1 aromatic rings. The first kappa shape index (κ1) is 20.7. The van der Waals surface area contributed by atoms with Crippen LogP contribution >= 0.6 is 0 Å². The lowest BCUT2D eigenvalue weighted by molar-refractivity contribution is -0.130. The van der Waals surface area contributed by atoms with Gasteiger partial charge in [-0.2, -0.15) is 8.78 Å². The van der Waals surface area contributed by atoms with Crippen molar-refractivity contribution in [3.05, 3.63) is 29.8 Å². The van der Waals surface area contributed by atoms with Crippen LogP contribution in [0.2, 0.25) is 0 Å². The minimum Gasteiger partial charge on any atom is -0.490 e. The minimum atomic E-state index is -2.94. The summed E-state index contributed by atoms with van der Waals surface area (Å²) in [6.07, 6.45) is 5.19. The standard InChI is InChI=1S/C19H24F2N2O4/c1-2-26-16-13-14(5-7-15(16)27-19(20)21)6-8-17(24)22-10-9-18(25)23-11-3-4-12-23/h5-8,13,19H,2-4,9-12H2,1H3,(H,22,24)/b8-6+. The highest BCUT2D eigenvalue weighted by atomic mass is 19.3. The van der Waals surface area contributed by atoms with Crippen LogP contribution in [0.4, 0.5) is 8.78 Å². The predicted molar refractivity (Wildman–Crippen MR) is 96.7 cm³/mol. The first-order valence-corrected chi connectivity index (χ1v) is 8.95. The molecule has 1 heterocycles. The van der Waals surface area contributed by atoms with Gasteiger partial charge in [-0.3, -0.25) is 9.59 Å². The van der Waals surface area contributed by atoms with Crippen LogP contribution in [0.5, 0.6) is 11.5 Å². The fourth-order valence-electron chi connectivity index (χ4n) is 2.74. The van der Waals surface area contributed by atoms with Crippen molar-refractivity contribution in [2.45, 2.75) is 32.8 Å². The highest BCUT2D eigenvalue weighted by Gasteiger charge is 2.17. The number of ether oxygens (including phenoxy) is 2. The average Bonchev–Trinajstić information content (AvgIpc) is 3.16. The Morgan fingerprint density at radius 2 is 2.00 bits per heavy atom. The van der Waals surface area contributed by atoms with Gasteiger partial charge in [0.2, 0.25) is 11.8 Å². The predicted octanol–water partition coefficient (Wildman–Crippen LogP) is 2.83. The Morgan fingerprint density at radius 3 is 2.67 bits per heavy atom. The zero-order valence-corrected chi connectivity index (χ0v) is 15.2. The van der Waals surface area contributed by atoms with Gasteiger partial charge in [0, 0.05) is 32.1 Å². The summed E-state index contributed by atoms with van der Waals surface area (Å²) in [5.74, 6) is -0.173. The van der Waals surface area contributed by atoms with Crippen LogP contribution in [0.25, 0.3) is 6.08 Å². The van der Waals surface area contributed by atoms with Crippen molar-refractivity contribution in [2.24, 2.45) is 0 Å². The number of carbonyl (C=O) groups is 2. The molecule has 0 atom stereocenters. The molecule has 0 aliphatic carbocycles. The van der Waals surface area contributed by atoms with E-state index < -0.39 is 6.61 Å². The zero-order chi connectivity index (χ0) is 19.6. The fourth-order valence-corrected chi connectivity index (χ4v) is 2.74. The molecule has 1 aromatic carbocycles. The second-order valence-electron chi connectivity index (χ2n) is 5.98. The second kappa shape index (κ2) is 10.5. The van der Waals surface area contributed by atoms with Crippen molar-refractivity contribution in [1.29, 1.82) is 0 Å². The van der Waals surface area contributed by atoms with Gasteiger partial charge in [-0.25, -0.2) is 0 Å². The average molecular weight is 382 g/mol. The highest BCUT2D eigenvalue weighted by molar-refractivity contribution is 5.92. The zero-order valence-electron chi connectivity index (χ0n) is 15.2. The van der Waals surface area contributed by atoms with E-state index in [0.717, 1.165) is 25.9 Å². The molecule has 1 aliphatic rings. The van der Waals surface area contributed by atoms with Gasteiger partial charge < -0.3 is 19.7 Å². The topological polar surface area (TPSA) is 67.9 Å². The van der Waals surface area contributed by atoms with Crippen molar-refractivity contribution in [3.63, 3.8) is 0 Å². The van der Waals surface area contributed by atoms with Gasteiger partial charge in [-0.1, -0.05) is 6.07 Å². The lowest BCUT2D eigenvalue weighted by Crippen LogP contribution is -2.32. The molecule has 1 N–H and O–H groups in total. The SMILES string of the molecule is CCOc1cc(/C=C/C(=O)NCCC(=O)N2CCCC2)ccc1OC(F)F. The first-order valence-electron chi connectivity index (χ1n) is 8.95. The monoisotopic (exact) mass is 382 g/mol. The maximum atomic E-state index is 12.4. The van der Waals surface area contributed by atoms with E-state index in [-0.39, 0.29) is 42.9 Å². The minimum absolute atomic E-state index is 0.0488. The summed E-state index contributed by atoms with van der Waals surface area (Å²) in [7, 11) is 0. The van der Waals surface area contributed by atoms with E-state index in [2.05, 4.69) is 10.1 Å². The molecule has 0 spiro atoms. The number of benzene rings is 1. The summed E-state index contributed by atoms with van der Waals surface area (Å²) in [6.45, 7) is 0.924. The van der Waals surface area contributed by atoms with E-state index in [4.69, 9.17) is 4.74 Å². The van der Waals surface area contributed by atoms with Gasteiger partial charge in [-0.15, -0.1) is 0 Å². The molecule has 6 nitrogen and oxygen atoms in total. The number of amides is 2. The quantitative estimate of drug-likeness (QED) is 0.667. The second-order valence-corrected chi connectivity index (χ2v) is 5.98. The lowest BCUT2D eigenvalue weighted by Gasteiger charge is -2.14. The Hall–Kier alpha value is -2.64. The molecule has 1 aliphatic heterocycles. The van der Waals surface area contributed by atoms with Gasteiger partial charge in [0.1, 0.15) is 0 Å². The summed E-state index contributed by atoms with van der Waals surface area (Å²) in [6, 6.07) is 4.42. The Kier molecular flexibility index (Phi) is 8.03. The van der Waals surface area contributed by atoms with E-state index >= 15 is 0 Å². The van der Waals surface area contributed by atoms with Gasteiger partial charge in [0.15, 0.2) is 11.5 Å². The van der Waals surface area contributed by atoms with Crippen LogP contribution in [0.1, 0.15) is 31.7 Å². The normalized spacial score (nSPS) is 14.0. The summed E-state index contributed by atoms with van der Waals surface area (Å²) >= 11 is 0. The third kappa shape index (κ3) is 6.88. The van der Waals surface area contributed by atoms with E-state index in [1.54, 1.807) is 17.9 Å². The van der Waals surface area contributed by atoms with Crippen molar-refractivity contribution in [1.82, 2.24) is 10.2 Å². The fraction of sp³-hybridized carbons (Fsp3) is 0.474. The molecule has 27 heavy (non-hydrogen) atoms. The maximum absolute atomic E-state index is 12.4. The number of nitrogens with one attached hydrogen (secondary N) is 1. The molecule has 1 saturated heterocycles. The molecule has 0 unspecified atom stereocenters. The smallest absolute Gasteiger partial charge is 0.387 e. The molecule has 0 aromatic heterocycles. The Labute approximate surface area is 157 Å². The molecule has 148 valence electrons. The summed E-state index contributed by atoms with van der Waals surface area (Å²) < 4.78 is 34.5. The Bertz CT molecular complexity index is 674. The molecule has 1 fully saturated rings. The van der Waals surface area contributed by atoms with E-state index in [1.807, 2.05) is 0 Å². The van der Waals surface area contributed by atoms with E-state index in [0.29, 0.717) is 5.56 Å². The van der Waals surface area contributed by atoms with Gasteiger partial charge >= 0.3 is 6.61 Å². The lowest BCUT2D eigenvalue weighted by atomic mass is 10.2. The molecular weight excluding hydrogens is 358 g/mol. The van der Waals surface area contributed by atoms with Gasteiger partial charge in [0.25, 0.3) is 0 Å². The summed E-state index contributed by atoms with van der Waals surface area (Å²) in [5.41, 5.74) is 0.600. The van der Waals surface area contributed by atoms with Crippen LogP contribution in [0.3, 0.4) is 0 Å². The molecule has 8 heteroatoms.